The molecule has 0 bridgehead atoms. The molecule has 2 aromatic carbocycles. The molecule has 1 atom stereocenters. The quantitative estimate of drug-likeness (QED) is 0.681. The third-order valence-electron chi connectivity index (χ3n) is 4.15. The number of nitrogens with one attached hydrogen (secondary N) is 1. The van der Waals surface area contributed by atoms with Crippen LogP contribution in [0.2, 0.25) is 10.0 Å². The van der Waals surface area contributed by atoms with Crippen LogP contribution >= 0.6 is 23.2 Å². The van der Waals surface area contributed by atoms with Crippen LogP contribution in [0.4, 0.5) is 11.4 Å². The van der Waals surface area contributed by atoms with Gasteiger partial charge in [-0.2, -0.15) is 0 Å². The first-order valence-electron chi connectivity index (χ1n) is 8.48. The minimum atomic E-state index is -3.82. The number of amides is 1. The van der Waals surface area contributed by atoms with Gasteiger partial charge < -0.3 is 10.1 Å². The van der Waals surface area contributed by atoms with Crippen LogP contribution < -0.4 is 14.4 Å². The molecule has 0 aliphatic rings. The highest BCUT2D eigenvalue weighted by Gasteiger charge is 2.33. The van der Waals surface area contributed by atoms with Crippen LogP contribution in [0.3, 0.4) is 0 Å². The smallest absolute Gasteiger partial charge is 0.248 e. The fourth-order valence-corrected chi connectivity index (χ4v) is 4.32. The van der Waals surface area contributed by atoms with Gasteiger partial charge >= 0.3 is 0 Å². The van der Waals surface area contributed by atoms with Crippen LogP contribution in [0, 0.1) is 6.92 Å². The van der Waals surface area contributed by atoms with Gasteiger partial charge in [0.1, 0.15) is 11.8 Å². The van der Waals surface area contributed by atoms with Crippen LogP contribution in [0.5, 0.6) is 5.75 Å². The lowest BCUT2D eigenvalue weighted by Crippen LogP contribution is -2.47. The molecule has 9 heteroatoms. The largest absolute Gasteiger partial charge is 0.495 e. The number of halogens is 2. The fourth-order valence-electron chi connectivity index (χ4n) is 2.77. The molecule has 0 heterocycles. The van der Waals surface area contributed by atoms with E-state index < -0.39 is 22.0 Å². The minimum Gasteiger partial charge on any atom is -0.495 e. The number of anilines is 2. The van der Waals surface area contributed by atoms with Crippen molar-refractivity contribution in [1.29, 1.82) is 0 Å². The number of ether oxygens (including phenoxy) is 1. The summed E-state index contributed by atoms with van der Waals surface area (Å²) in [6.45, 7) is 3.57. The van der Waals surface area contributed by atoms with E-state index in [0.717, 1.165) is 16.1 Å². The summed E-state index contributed by atoms with van der Waals surface area (Å²) in [5, 5.41) is 3.56. The second-order valence-electron chi connectivity index (χ2n) is 6.25. The van der Waals surface area contributed by atoms with E-state index in [1.165, 1.54) is 13.2 Å². The van der Waals surface area contributed by atoms with Crippen molar-refractivity contribution in [2.45, 2.75) is 26.3 Å². The molecule has 28 heavy (non-hydrogen) atoms. The molecule has 6 nitrogen and oxygen atoms in total. The normalized spacial score (nSPS) is 12.4. The van der Waals surface area contributed by atoms with Gasteiger partial charge in [-0.05, 0) is 49.2 Å². The fraction of sp³-hybridized carbons (Fsp3) is 0.316. The number of carbonyl (C=O) groups excluding carboxylic acids is 1. The predicted molar refractivity (Wildman–Crippen MR) is 114 cm³/mol. The number of hydrogen-bond acceptors (Lipinski definition) is 4. The highest BCUT2D eigenvalue weighted by atomic mass is 35.5. The summed E-state index contributed by atoms with van der Waals surface area (Å²) >= 11 is 12.2. The number of sulfonamides is 1. The Kier molecular flexibility index (Phi) is 7.20. The molecular weight excluding hydrogens is 423 g/mol. The van der Waals surface area contributed by atoms with Gasteiger partial charge in [-0.3, -0.25) is 9.10 Å². The van der Waals surface area contributed by atoms with Crippen LogP contribution in [0.25, 0.3) is 0 Å². The van der Waals surface area contributed by atoms with E-state index in [9.17, 15) is 13.2 Å². The molecule has 0 spiro atoms. The first-order valence-corrected chi connectivity index (χ1v) is 11.1. The Bertz CT molecular complexity index is 980. The maximum absolute atomic E-state index is 13.0. The van der Waals surface area contributed by atoms with Crippen molar-refractivity contribution < 1.29 is 17.9 Å². The number of nitrogens with zero attached hydrogens (tertiary/aromatic N) is 1. The summed E-state index contributed by atoms with van der Waals surface area (Å²) in [5.41, 5.74) is 1.54. The van der Waals surface area contributed by atoms with Crippen LogP contribution in [0.1, 0.15) is 18.9 Å². The van der Waals surface area contributed by atoms with E-state index in [1.54, 1.807) is 37.3 Å². The summed E-state index contributed by atoms with van der Waals surface area (Å²) < 4.78 is 31.5. The zero-order valence-corrected chi connectivity index (χ0v) is 18.3. The minimum absolute atomic E-state index is 0.196. The van der Waals surface area contributed by atoms with Crippen molar-refractivity contribution in [2.75, 3.05) is 23.0 Å². The number of benzene rings is 2. The topological polar surface area (TPSA) is 75.7 Å². The molecule has 2 aromatic rings. The van der Waals surface area contributed by atoms with Crippen LogP contribution in [-0.4, -0.2) is 33.7 Å². The van der Waals surface area contributed by atoms with Gasteiger partial charge in [0, 0.05) is 15.7 Å². The number of hydrogen-bond donors (Lipinski definition) is 1. The maximum Gasteiger partial charge on any atom is 0.248 e. The van der Waals surface area contributed by atoms with E-state index in [1.807, 2.05) is 6.92 Å². The van der Waals surface area contributed by atoms with Gasteiger partial charge in [-0.15, -0.1) is 0 Å². The zero-order valence-electron chi connectivity index (χ0n) is 16.0. The number of rotatable bonds is 7. The van der Waals surface area contributed by atoms with Crippen molar-refractivity contribution in [3.05, 3.63) is 52.0 Å². The molecule has 2 rings (SSSR count). The number of aryl methyl sites for hydroxylation is 1. The molecule has 0 saturated carbocycles. The molecule has 1 unspecified atom stereocenters. The van der Waals surface area contributed by atoms with Crippen molar-refractivity contribution in [3.63, 3.8) is 0 Å². The highest BCUT2D eigenvalue weighted by molar-refractivity contribution is 7.92. The van der Waals surface area contributed by atoms with Crippen molar-refractivity contribution in [2.24, 2.45) is 0 Å². The summed E-state index contributed by atoms with van der Waals surface area (Å²) in [4.78, 5) is 13.0. The summed E-state index contributed by atoms with van der Waals surface area (Å²) in [5.74, 6) is -0.200. The molecule has 0 aliphatic carbocycles. The lowest BCUT2D eigenvalue weighted by atomic mass is 10.1. The van der Waals surface area contributed by atoms with Gasteiger partial charge in [0.15, 0.2) is 0 Å². The lowest BCUT2D eigenvalue weighted by molar-refractivity contribution is -0.117. The molecule has 0 radical (unpaired) electrons. The molecule has 152 valence electrons. The zero-order chi connectivity index (χ0) is 21.1. The van der Waals surface area contributed by atoms with Crippen molar-refractivity contribution in [3.8, 4) is 5.75 Å². The molecule has 0 aliphatic heterocycles. The number of methoxy groups -OCH3 is 1. The van der Waals surface area contributed by atoms with E-state index >= 15 is 0 Å². The molecule has 0 saturated heterocycles. The van der Waals surface area contributed by atoms with Gasteiger partial charge in [0.05, 0.1) is 19.1 Å². The average molecular weight is 445 g/mol. The van der Waals surface area contributed by atoms with E-state index in [-0.39, 0.29) is 12.1 Å². The Morgan fingerprint density at radius 2 is 1.89 bits per heavy atom. The second kappa shape index (κ2) is 9.03. The van der Waals surface area contributed by atoms with Crippen LogP contribution in [-0.2, 0) is 14.8 Å². The summed E-state index contributed by atoms with van der Waals surface area (Å²) in [6.07, 6.45) is 1.26. The number of carbonyl (C=O) groups is 1. The van der Waals surface area contributed by atoms with Crippen molar-refractivity contribution >= 4 is 50.5 Å². The second-order valence-corrected chi connectivity index (χ2v) is 8.96. The molecule has 1 amide bonds. The monoisotopic (exact) mass is 444 g/mol. The predicted octanol–water partition coefficient (Wildman–Crippen LogP) is 4.49. The Morgan fingerprint density at radius 3 is 2.43 bits per heavy atom. The maximum atomic E-state index is 13.0. The van der Waals surface area contributed by atoms with Crippen LogP contribution in [0.15, 0.2) is 36.4 Å². The van der Waals surface area contributed by atoms with Gasteiger partial charge in [-0.25, -0.2) is 8.42 Å². The average Bonchev–Trinajstić information content (AvgIpc) is 2.61. The first kappa shape index (κ1) is 22.3. The molecule has 0 fully saturated rings. The molecule has 1 N–H and O–H groups in total. The van der Waals surface area contributed by atoms with Crippen molar-refractivity contribution in [1.82, 2.24) is 0 Å². The van der Waals surface area contributed by atoms with E-state index in [4.69, 9.17) is 27.9 Å². The van der Waals surface area contributed by atoms with E-state index in [0.29, 0.717) is 21.5 Å². The highest BCUT2D eigenvalue weighted by Crippen LogP contribution is 2.35. The summed E-state index contributed by atoms with van der Waals surface area (Å²) in [7, 11) is -2.40. The Labute approximate surface area is 175 Å². The Hall–Kier alpha value is -1.96. The van der Waals surface area contributed by atoms with Gasteiger partial charge in [0.25, 0.3) is 0 Å². The Morgan fingerprint density at radius 1 is 1.21 bits per heavy atom. The van der Waals surface area contributed by atoms with Gasteiger partial charge in [0.2, 0.25) is 15.9 Å². The molecule has 0 aromatic heterocycles. The SMILES string of the molecule is CCC(C(=O)Nc1ccc(C)c(Cl)c1)N(c1cc(Cl)ccc1OC)S(C)(=O)=O. The third kappa shape index (κ3) is 5.10. The summed E-state index contributed by atoms with van der Waals surface area (Å²) in [6, 6.07) is 8.68. The first-order chi connectivity index (χ1) is 13.1. The third-order valence-corrected chi connectivity index (χ3v) is 5.96. The molecular formula is C19H22Cl2N2O4S. The van der Waals surface area contributed by atoms with E-state index in [2.05, 4.69) is 5.32 Å². The Balaban J connectivity index is 2.47. The lowest BCUT2D eigenvalue weighted by Gasteiger charge is -2.31. The standard InChI is InChI=1S/C19H22Cl2N2O4S/c1-5-16(19(24)22-14-8-6-12(2)15(21)11-14)23(28(4,25)26)17-10-13(20)7-9-18(17)27-3/h6-11,16H,5H2,1-4H3,(H,22,24). The van der Waals surface area contributed by atoms with Gasteiger partial charge in [-0.1, -0.05) is 36.2 Å².